The predicted molar refractivity (Wildman–Crippen MR) is 156 cm³/mol. The maximum Gasteiger partial charge on any atom is 0.211 e. The van der Waals surface area contributed by atoms with Crippen LogP contribution < -0.4 is 15.4 Å². The van der Waals surface area contributed by atoms with E-state index in [0.29, 0.717) is 37.0 Å². The number of nitrogens with one attached hydrogen (secondary N) is 2. The molecule has 0 fully saturated rings. The topological polar surface area (TPSA) is 70.6 Å². The van der Waals surface area contributed by atoms with Gasteiger partial charge in [0.25, 0.3) is 0 Å². The van der Waals surface area contributed by atoms with E-state index in [9.17, 15) is 9.90 Å². The fourth-order valence-electron chi connectivity index (χ4n) is 5.39. The molecule has 3 aromatic rings. The number of allylic oxidation sites excluding steroid dienone is 1. The first-order valence-electron chi connectivity index (χ1n) is 13.7. The van der Waals surface area contributed by atoms with Gasteiger partial charge in [0.05, 0.1) is 11.8 Å². The van der Waals surface area contributed by atoms with E-state index >= 15 is 0 Å². The summed E-state index contributed by atoms with van der Waals surface area (Å²) in [5.41, 5.74) is 10.0. The minimum Gasteiger partial charge on any atom is -0.487 e. The second-order valence-electron chi connectivity index (χ2n) is 10.1. The number of aliphatic hydroxyl groups is 1. The van der Waals surface area contributed by atoms with Crippen LogP contribution in [0, 0.1) is 6.92 Å². The molecule has 5 nitrogen and oxygen atoms in total. The molecule has 0 bridgehead atoms. The quantitative estimate of drug-likeness (QED) is 0.257. The molecule has 0 radical (unpaired) electrons. The van der Waals surface area contributed by atoms with Gasteiger partial charge in [-0.1, -0.05) is 74.0 Å². The predicted octanol–water partition coefficient (Wildman–Crippen LogP) is 6.09. The molecule has 0 aliphatic heterocycles. The van der Waals surface area contributed by atoms with Crippen LogP contribution in [0.3, 0.4) is 0 Å². The monoisotopic (exact) mass is 512 g/mol. The van der Waals surface area contributed by atoms with E-state index in [0.717, 1.165) is 42.4 Å². The Bertz CT molecular complexity index is 1250. The molecule has 0 saturated carbocycles. The number of amides is 1. The number of fused-ring (bicyclic) bond motifs is 1. The molecule has 1 unspecified atom stereocenters. The lowest BCUT2D eigenvalue weighted by Crippen LogP contribution is -2.33. The second kappa shape index (κ2) is 12.9. The Morgan fingerprint density at radius 2 is 1.68 bits per heavy atom. The fourth-order valence-corrected chi connectivity index (χ4v) is 5.39. The number of aryl methyl sites for hydroxylation is 3. The third-order valence-electron chi connectivity index (χ3n) is 7.47. The normalized spacial score (nSPS) is 14.0. The summed E-state index contributed by atoms with van der Waals surface area (Å²) < 4.78 is 6.10. The van der Waals surface area contributed by atoms with Crippen molar-refractivity contribution >= 4 is 18.2 Å². The van der Waals surface area contributed by atoms with Crippen molar-refractivity contribution < 1.29 is 14.6 Å². The maximum atomic E-state index is 11.5. The van der Waals surface area contributed by atoms with E-state index < -0.39 is 6.10 Å². The first-order chi connectivity index (χ1) is 18.5. The minimum absolute atomic E-state index is 0.298. The van der Waals surface area contributed by atoms with Crippen molar-refractivity contribution in [1.82, 2.24) is 5.32 Å². The van der Waals surface area contributed by atoms with E-state index in [2.05, 4.69) is 55.7 Å². The zero-order valence-electron chi connectivity index (χ0n) is 23.0. The second-order valence-corrected chi connectivity index (χ2v) is 10.1. The van der Waals surface area contributed by atoms with Gasteiger partial charge in [0.2, 0.25) is 6.41 Å². The van der Waals surface area contributed by atoms with E-state index in [1.807, 2.05) is 43.3 Å². The van der Waals surface area contributed by atoms with Gasteiger partial charge in [0.15, 0.2) is 0 Å². The average molecular weight is 513 g/mol. The molecule has 3 aromatic carbocycles. The van der Waals surface area contributed by atoms with Gasteiger partial charge in [0, 0.05) is 18.2 Å². The molecule has 0 heterocycles. The highest BCUT2D eigenvalue weighted by Crippen LogP contribution is 2.36. The van der Waals surface area contributed by atoms with Crippen molar-refractivity contribution in [2.75, 3.05) is 11.9 Å². The highest BCUT2D eigenvalue weighted by atomic mass is 16.5. The summed E-state index contributed by atoms with van der Waals surface area (Å²) in [5, 5.41) is 17.6. The van der Waals surface area contributed by atoms with Crippen LogP contribution in [0.1, 0.15) is 71.4 Å². The number of benzene rings is 3. The lowest BCUT2D eigenvalue weighted by Gasteiger charge is -2.21. The van der Waals surface area contributed by atoms with Gasteiger partial charge in [-0.2, -0.15) is 0 Å². The summed E-state index contributed by atoms with van der Waals surface area (Å²) in [6, 6.07) is 16.9. The molecule has 4 rings (SSSR count). The van der Waals surface area contributed by atoms with Crippen molar-refractivity contribution in [3.8, 4) is 5.75 Å². The van der Waals surface area contributed by atoms with Crippen LogP contribution in [0.4, 0.5) is 5.69 Å². The highest BCUT2D eigenvalue weighted by molar-refractivity contribution is 5.84. The van der Waals surface area contributed by atoms with Crippen LogP contribution in [-0.2, 0) is 37.1 Å². The van der Waals surface area contributed by atoms with Crippen molar-refractivity contribution in [3.05, 3.63) is 99.1 Å². The molecule has 38 heavy (non-hydrogen) atoms. The number of anilines is 1. The van der Waals surface area contributed by atoms with E-state index in [1.165, 1.54) is 27.8 Å². The maximum absolute atomic E-state index is 11.5. The minimum atomic E-state index is -0.735. The fraction of sp³-hybridized carbons (Fsp3) is 0.364. The zero-order valence-corrected chi connectivity index (χ0v) is 23.0. The Morgan fingerprint density at radius 3 is 2.26 bits per heavy atom. The molecule has 1 aliphatic carbocycles. The Kier molecular flexibility index (Phi) is 9.38. The first kappa shape index (κ1) is 27.6. The standard InChI is InChI=1S/C33H40N2O3/c1-5-8-30-29(13-14-32(33(30)35-21-36)38-20-23-11-9-22(4)10-12-23)31(37)19-34-28-17-26-15-24(6-2)25(7-3)16-27(26)18-28/h5,8-16,21,28,31,34,37H,6-7,17-20H2,1-4H3,(H,35,36)/b8-5-. The molecule has 0 saturated heterocycles. The van der Waals surface area contributed by atoms with Gasteiger partial charge in [-0.3, -0.25) is 4.79 Å². The smallest absolute Gasteiger partial charge is 0.211 e. The third kappa shape index (κ3) is 6.35. The molecular weight excluding hydrogens is 472 g/mol. The summed E-state index contributed by atoms with van der Waals surface area (Å²) in [7, 11) is 0. The Labute approximate surface area is 226 Å². The van der Waals surface area contributed by atoms with E-state index in [-0.39, 0.29) is 0 Å². The van der Waals surface area contributed by atoms with Crippen LogP contribution in [0.15, 0.2) is 54.6 Å². The highest BCUT2D eigenvalue weighted by Gasteiger charge is 2.24. The molecule has 0 aromatic heterocycles. The molecule has 1 aliphatic rings. The lowest BCUT2D eigenvalue weighted by molar-refractivity contribution is -0.105. The van der Waals surface area contributed by atoms with Crippen LogP contribution in [0.5, 0.6) is 5.75 Å². The molecule has 3 N–H and O–H groups in total. The van der Waals surface area contributed by atoms with Crippen molar-refractivity contribution in [1.29, 1.82) is 0 Å². The van der Waals surface area contributed by atoms with E-state index in [1.54, 1.807) is 0 Å². The van der Waals surface area contributed by atoms with Crippen LogP contribution in [0.2, 0.25) is 0 Å². The first-order valence-corrected chi connectivity index (χ1v) is 13.7. The lowest BCUT2D eigenvalue weighted by atomic mass is 9.97. The number of aliphatic hydroxyl groups excluding tert-OH is 1. The van der Waals surface area contributed by atoms with Gasteiger partial charge >= 0.3 is 0 Å². The summed E-state index contributed by atoms with van der Waals surface area (Å²) >= 11 is 0. The summed E-state index contributed by atoms with van der Waals surface area (Å²) in [5.74, 6) is 0.569. The zero-order chi connectivity index (χ0) is 27.1. The summed E-state index contributed by atoms with van der Waals surface area (Å²) in [6.45, 7) is 9.22. The number of hydrogen-bond acceptors (Lipinski definition) is 4. The van der Waals surface area contributed by atoms with Gasteiger partial charge < -0.3 is 20.5 Å². The van der Waals surface area contributed by atoms with Crippen molar-refractivity contribution in [2.24, 2.45) is 0 Å². The Morgan fingerprint density at radius 1 is 1.03 bits per heavy atom. The van der Waals surface area contributed by atoms with Gasteiger partial charge in [-0.25, -0.2) is 0 Å². The van der Waals surface area contributed by atoms with Crippen LogP contribution >= 0.6 is 0 Å². The third-order valence-corrected chi connectivity index (χ3v) is 7.47. The number of carbonyl (C=O) groups excluding carboxylic acids is 1. The molecule has 1 amide bonds. The molecular formula is C33H40N2O3. The van der Waals surface area contributed by atoms with Crippen molar-refractivity contribution in [2.45, 2.75) is 72.1 Å². The van der Waals surface area contributed by atoms with Crippen LogP contribution in [0.25, 0.3) is 6.08 Å². The van der Waals surface area contributed by atoms with Crippen LogP contribution in [-0.4, -0.2) is 24.1 Å². The molecule has 0 spiro atoms. The summed E-state index contributed by atoms with van der Waals surface area (Å²) in [6.07, 6.45) is 7.80. The number of rotatable bonds is 12. The van der Waals surface area contributed by atoms with Gasteiger partial charge in [-0.05, 0) is 79.0 Å². The van der Waals surface area contributed by atoms with Crippen molar-refractivity contribution in [3.63, 3.8) is 0 Å². The van der Waals surface area contributed by atoms with Gasteiger partial charge in [0.1, 0.15) is 12.4 Å². The average Bonchev–Trinajstić information content (AvgIpc) is 3.33. The number of carbonyl (C=O) groups is 1. The largest absolute Gasteiger partial charge is 0.487 e. The summed E-state index contributed by atoms with van der Waals surface area (Å²) in [4.78, 5) is 11.5. The van der Waals surface area contributed by atoms with E-state index in [4.69, 9.17) is 4.74 Å². The molecule has 5 heteroatoms. The molecule has 200 valence electrons. The number of hydrogen-bond donors (Lipinski definition) is 3. The Hall–Kier alpha value is -3.41. The Balaban J connectivity index is 1.48. The molecule has 1 atom stereocenters. The SMILES string of the molecule is C/C=C\c1c(C(O)CNC2Cc3cc(CC)c(CC)cc3C2)ccc(OCc2ccc(C)cc2)c1NC=O. The van der Waals surface area contributed by atoms with Gasteiger partial charge in [-0.15, -0.1) is 0 Å². The number of ether oxygens (including phenoxy) is 1.